The van der Waals surface area contributed by atoms with E-state index in [-0.39, 0.29) is 6.03 Å². The molecule has 5 nitrogen and oxygen atoms in total. The van der Waals surface area contributed by atoms with Crippen LogP contribution in [0.3, 0.4) is 0 Å². The Labute approximate surface area is 192 Å². The zero-order chi connectivity index (χ0) is 21.8. The van der Waals surface area contributed by atoms with Crippen LogP contribution in [0.2, 0.25) is 0 Å². The SMILES string of the molecule is O=C(NCc1cccc2ccccc12)N1CCN(Cc2nc(-c3ccccc3)cs2)CC1. The Bertz CT molecular complexity index is 1190. The van der Waals surface area contributed by atoms with E-state index in [1.807, 2.05) is 41.3 Å². The topological polar surface area (TPSA) is 48.5 Å². The minimum atomic E-state index is 0.0122. The highest BCUT2D eigenvalue weighted by Gasteiger charge is 2.22. The fourth-order valence-electron chi connectivity index (χ4n) is 4.15. The van der Waals surface area contributed by atoms with Crippen molar-refractivity contribution in [2.45, 2.75) is 13.1 Å². The number of carbonyl (C=O) groups excluding carboxylic acids is 1. The van der Waals surface area contributed by atoms with E-state index >= 15 is 0 Å². The Morgan fingerprint density at radius 2 is 1.66 bits per heavy atom. The van der Waals surface area contributed by atoms with Crippen LogP contribution >= 0.6 is 11.3 Å². The van der Waals surface area contributed by atoms with Crippen molar-refractivity contribution in [3.8, 4) is 11.3 Å². The number of hydrogen-bond acceptors (Lipinski definition) is 4. The lowest BCUT2D eigenvalue weighted by atomic mass is 10.0. The summed E-state index contributed by atoms with van der Waals surface area (Å²) in [6, 6.07) is 24.8. The van der Waals surface area contributed by atoms with Gasteiger partial charge < -0.3 is 10.2 Å². The van der Waals surface area contributed by atoms with Crippen LogP contribution in [0.1, 0.15) is 10.6 Å². The molecule has 1 aliphatic rings. The number of fused-ring (bicyclic) bond motifs is 1. The summed E-state index contributed by atoms with van der Waals surface area (Å²) in [6.45, 7) is 4.57. The monoisotopic (exact) mass is 442 g/mol. The van der Waals surface area contributed by atoms with Gasteiger partial charge in [-0.2, -0.15) is 0 Å². The summed E-state index contributed by atoms with van der Waals surface area (Å²) >= 11 is 1.71. The molecule has 1 fully saturated rings. The first-order valence-corrected chi connectivity index (χ1v) is 11.9. The van der Waals surface area contributed by atoms with Crippen molar-refractivity contribution < 1.29 is 4.79 Å². The van der Waals surface area contributed by atoms with E-state index in [2.05, 4.69) is 52.0 Å². The summed E-state index contributed by atoms with van der Waals surface area (Å²) in [5.41, 5.74) is 3.34. The molecule has 1 N–H and O–H groups in total. The third-order valence-electron chi connectivity index (χ3n) is 5.95. The molecule has 6 heteroatoms. The number of urea groups is 1. The Balaban J connectivity index is 1.12. The van der Waals surface area contributed by atoms with Crippen molar-refractivity contribution in [2.24, 2.45) is 0 Å². The number of nitrogens with zero attached hydrogens (tertiary/aromatic N) is 3. The quantitative estimate of drug-likeness (QED) is 0.474. The van der Waals surface area contributed by atoms with Gasteiger partial charge in [0.05, 0.1) is 12.2 Å². The van der Waals surface area contributed by atoms with E-state index in [1.165, 1.54) is 10.8 Å². The lowest BCUT2D eigenvalue weighted by Crippen LogP contribution is -2.51. The molecule has 0 saturated carbocycles. The van der Waals surface area contributed by atoms with Crippen LogP contribution in [0.4, 0.5) is 4.79 Å². The minimum Gasteiger partial charge on any atom is -0.334 e. The number of amides is 2. The van der Waals surface area contributed by atoms with Gasteiger partial charge in [0, 0.05) is 43.7 Å². The number of nitrogens with one attached hydrogen (secondary N) is 1. The number of carbonyl (C=O) groups is 1. The Hall–Kier alpha value is -3.22. The van der Waals surface area contributed by atoms with E-state index in [1.54, 1.807) is 11.3 Å². The van der Waals surface area contributed by atoms with E-state index in [4.69, 9.17) is 4.98 Å². The van der Waals surface area contributed by atoms with Gasteiger partial charge in [-0.05, 0) is 16.3 Å². The molecule has 1 saturated heterocycles. The zero-order valence-electron chi connectivity index (χ0n) is 17.9. The largest absolute Gasteiger partial charge is 0.334 e. The molecule has 0 radical (unpaired) electrons. The first-order valence-electron chi connectivity index (χ1n) is 11.0. The molecule has 5 rings (SSSR count). The molecule has 0 atom stereocenters. The maximum Gasteiger partial charge on any atom is 0.317 e. The standard InChI is InChI=1S/C26H26N4OS/c31-26(27-17-22-11-6-10-20-7-4-5-12-23(20)22)30-15-13-29(14-16-30)18-25-28-24(19-32-25)21-8-2-1-3-9-21/h1-12,19H,13-18H2,(H,27,31). The summed E-state index contributed by atoms with van der Waals surface area (Å²) in [5.74, 6) is 0. The lowest BCUT2D eigenvalue weighted by molar-refractivity contribution is 0.135. The van der Waals surface area contributed by atoms with Crippen molar-refractivity contribution >= 4 is 28.1 Å². The Kier molecular flexibility index (Phi) is 6.14. The average Bonchev–Trinajstić information content (AvgIpc) is 3.32. The second kappa shape index (κ2) is 9.51. The molecular formula is C26H26N4OS. The van der Waals surface area contributed by atoms with Gasteiger partial charge in [0.1, 0.15) is 5.01 Å². The molecule has 2 amide bonds. The molecule has 4 aromatic rings. The van der Waals surface area contributed by atoms with Gasteiger partial charge in [0.2, 0.25) is 0 Å². The van der Waals surface area contributed by atoms with Crippen LogP contribution < -0.4 is 5.32 Å². The minimum absolute atomic E-state index is 0.0122. The highest BCUT2D eigenvalue weighted by Crippen LogP contribution is 2.23. The normalized spacial score (nSPS) is 14.6. The number of rotatable bonds is 5. The highest BCUT2D eigenvalue weighted by molar-refractivity contribution is 7.09. The molecule has 1 aromatic heterocycles. The van der Waals surface area contributed by atoms with Crippen LogP contribution in [-0.4, -0.2) is 47.0 Å². The summed E-state index contributed by atoms with van der Waals surface area (Å²) < 4.78 is 0. The number of piperazine rings is 1. The van der Waals surface area contributed by atoms with Crippen LogP contribution in [0, 0.1) is 0 Å². The van der Waals surface area contributed by atoms with Gasteiger partial charge in [-0.25, -0.2) is 9.78 Å². The van der Waals surface area contributed by atoms with E-state index < -0.39 is 0 Å². The van der Waals surface area contributed by atoms with Gasteiger partial charge in [0.25, 0.3) is 0 Å². The van der Waals surface area contributed by atoms with Crippen molar-refractivity contribution in [3.05, 3.63) is 88.7 Å². The third kappa shape index (κ3) is 4.66. The van der Waals surface area contributed by atoms with Gasteiger partial charge in [-0.3, -0.25) is 4.90 Å². The lowest BCUT2D eigenvalue weighted by Gasteiger charge is -2.34. The molecule has 0 unspecified atom stereocenters. The summed E-state index contributed by atoms with van der Waals surface area (Å²) in [6.07, 6.45) is 0. The van der Waals surface area contributed by atoms with Gasteiger partial charge >= 0.3 is 6.03 Å². The zero-order valence-corrected chi connectivity index (χ0v) is 18.7. The van der Waals surface area contributed by atoms with Crippen molar-refractivity contribution in [2.75, 3.05) is 26.2 Å². The summed E-state index contributed by atoms with van der Waals surface area (Å²) in [4.78, 5) is 21.8. The highest BCUT2D eigenvalue weighted by atomic mass is 32.1. The fraction of sp³-hybridized carbons (Fsp3) is 0.231. The summed E-state index contributed by atoms with van der Waals surface area (Å²) in [5, 5.41) is 8.75. The van der Waals surface area contributed by atoms with Crippen molar-refractivity contribution in [3.63, 3.8) is 0 Å². The molecule has 0 bridgehead atoms. The second-order valence-electron chi connectivity index (χ2n) is 8.05. The Morgan fingerprint density at radius 3 is 2.50 bits per heavy atom. The van der Waals surface area contributed by atoms with Crippen LogP contribution in [0.5, 0.6) is 0 Å². The number of thiazole rings is 1. The van der Waals surface area contributed by atoms with Crippen molar-refractivity contribution in [1.82, 2.24) is 20.1 Å². The van der Waals surface area contributed by atoms with Gasteiger partial charge in [-0.15, -0.1) is 11.3 Å². The maximum atomic E-state index is 12.7. The second-order valence-corrected chi connectivity index (χ2v) is 9.00. The molecule has 1 aliphatic heterocycles. The van der Waals surface area contributed by atoms with E-state index in [0.29, 0.717) is 6.54 Å². The maximum absolute atomic E-state index is 12.7. The van der Waals surface area contributed by atoms with Gasteiger partial charge in [-0.1, -0.05) is 72.8 Å². The molecule has 162 valence electrons. The van der Waals surface area contributed by atoms with Gasteiger partial charge in [0.15, 0.2) is 0 Å². The molecular weight excluding hydrogens is 416 g/mol. The summed E-state index contributed by atoms with van der Waals surface area (Å²) in [7, 11) is 0. The first kappa shape index (κ1) is 20.7. The number of aromatic nitrogens is 1. The van der Waals surface area contributed by atoms with E-state index in [0.717, 1.165) is 54.6 Å². The smallest absolute Gasteiger partial charge is 0.317 e. The molecule has 0 aliphatic carbocycles. The first-order chi connectivity index (χ1) is 15.8. The Morgan fingerprint density at radius 1 is 0.906 bits per heavy atom. The molecule has 0 spiro atoms. The van der Waals surface area contributed by atoms with Crippen LogP contribution in [0.25, 0.3) is 22.0 Å². The van der Waals surface area contributed by atoms with E-state index in [9.17, 15) is 4.79 Å². The van der Waals surface area contributed by atoms with Crippen LogP contribution in [-0.2, 0) is 13.1 Å². The molecule has 3 aromatic carbocycles. The fourth-order valence-corrected chi connectivity index (χ4v) is 5.00. The van der Waals surface area contributed by atoms with Crippen LogP contribution in [0.15, 0.2) is 78.2 Å². The molecule has 32 heavy (non-hydrogen) atoms. The predicted molar refractivity (Wildman–Crippen MR) is 131 cm³/mol. The predicted octanol–water partition coefficient (Wildman–Crippen LogP) is 4.99. The molecule has 2 heterocycles. The number of benzene rings is 3. The van der Waals surface area contributed by atoms with Crippen molar-refractivity contribution in [1.29, 1.82) is 0 Å². The number of hydrogen-bond donors (Lipinski definition) is 1. The third-order valence-corrected chi connectivity index (χ3v) is 6.78. The average molecular weight is 443 g/mol.